The molecular weight excluding hydrogens is 370 g/mol. The van der Waals surface area contributed by atoms with E-state index >= 15 is 0 Å². The Labute approximate surface area is 154 Å². The number of H-pyrrole nitrogens is 1. The van der Waals surface area contributed by atoms with E-state index in [0.29, 0.717) is 11.1 Å². The van der Waals surface area contributed by atoms with E-state index in [9.17, 15) is 22.8 Å². The first-order valence-electron chi connectivity index (χ1n) is 8.02. The summed E-state index contributed by atoms with van der Waals surface area (Å²) < 4.78 is 24.3. The molecule has 0 aliphatic heterocycles. The van der Waals surface area contributed by atoms with E-state index in [4.69, 9.17) is 5.73 Å². The van der Waals surface area contributed by atoms with Gasteiger partial charge in [0.2, 0.25) is 5.91 Å². The monoisotopic (exact) mass is 387 g/mol. The van der Waals surface area contributed by atoms with Crippen LogP contribution < -0.4 is 17.0 Å². The van der Waals surface area contributed by atoms with Crippen LogP contribution in [0.15, 0.2) is 56.9 Å². The van der Waals surface area contributed by atoms with Gasteiger partial charge in [0.15, 0.2) is 9.84 Å². The van der Waals surface area contributed by atoms with Crippen LogP contribution in [0, 0.1) is 0 Å². The van der Waals surface area contributed by atoms with Crippen LogP contribution in [0.1, 0.15) is 15.9 Å². The van der Waals surface area contributed by atoms with E-state index < -0.39 is 27.0 Å². The van der Waals surface area contributed by atoms with E-state index in [1.54, 1.807) is 12.1 Å². The Kier molecular flexibility index (Phi) is 4.71. The summed E-state index contributed by atoms with van der Waals surface area (Å²) in [4.78, 5) is 39.0. The van der Waals surface area contributed by atoms with Crippen LogP contribution in [0.25, 0.3) is 10.9 Å². The van der Waals surface area contributed by atoms with Crippen molar-refractivity contribution in [1.29, 1.82) is 0 Å². The number of hydrogen-bond donors (Lipinski definition) is 2. The Balaban J connectivity index is 1.99. The number of aromatic amines is 1. The molecule has 1 aromatic heterocycles. The maximum Gasteiger partial charge on any atom is 0.328 e. The van der Waals surface area contributed by atoms with Gasteiger partial charge < -0.3 is 10.7 Å². The van der Waals surface area contributed by atoms with Crippen molar-refractivity contribution in [2.24, 2.45) is 5.73 Å². The fourth-order valence-corrected chi connectivity index (χ4v) is 3.47. The summed E-state index contributed by atoms with van der Waals surface area (Å²) in [5.74, 6) is -0.674. The molecule has 27 heavy (non-hydrogen) atoms. The van der Waals surface area contributed by atoms with Crippen molar-refractivity contribution in [2.45, 2.75) is 17.9 Å². The van der Waals surface area contributed by atoms with Gasteiger partial charge in [0.25, 0.3) is 5.56 Å². The number of aromatic nitrogens is 2. The van der Waals surface area contributed by atoms with Gasteiger partial charge in [0.1, 0.15) is 0 Å². The van der Waals surface area contributed by atoms with Gasteiger partial charge in [0, 0.05) is 18.4 Å². The molecule has 1 amide bonds. The zero-order valence-electron chi connectivity index (χ0n) is 14.4. The Morgan fingerprint density at radius 1 is 1.15 bits per heavy atom. The number of benzene rings is 2. The Morgan fingerprint density at radius 3 is 2.56 bits per heavy atom. The minimum Gasteiger partial charge on any atom is -0.366 e. The molecule has 3 aromatic rings. The van der Waals surface area contributed by atoms with Crippen LogP contribution in [0.4, 0.5) is 0 Å². The Morgan fingerprint density at radius 2 is 1.89 bits per heavy atom. The lowest BCUT2D eigenvalue weighted by atomic mass is 10.1. The molecule has 2 aromatic carbocycles. The molecule has 0 atom stereocenters. The summed E-state index contributed by atoms with van der Waals surface area (Å²) >= 11 is 0. The van der Waals surface area contributed by atoms with Crippen molar-refractivity contribution in [2.75, 3.05) is 6.26 Å². The Bertz CT molecular complexity index is 1270. The van der Waals surface area contributed by atoms with Crippen molar-refractivity contribution < 1.29 is 13.2 Å². The van der Waals surface area contributed by atoms with Gasteiger partial charge in [-0.15, -0.1) is 0 Å². The average molecular weight is 387 g/mol. The van der Waals surface area contributed by atoms with Crippen LogP contribution in [0.5, 0.6) is 0 Å². The summed E-state index contributed by atoms with van der Waals surface area (Å²) in [6, 6.07) is 10.6. The third-order valence-corrected chi connectivity index (χ3v) is 5.33. The van der Waals surface area contributed by atoms with Crippen LogP contribution >= 0.6 is 0 Å². The molecule has 3 rings (SSSR count). The second kappa shape index (κ2) is 6.84. The molecule has 0 saturated carbocycles. The normalized spacial score (nSPS) is 11.6. The molecule has 140 valence electrons. The third kappa shape index (κ3) is 3.82. The predicted octanol–water partition coefficient (Wildman–Crippen LogP) is 0.435. The second-order valence-corrected chi connectivity index (χ2v) is 8.20. The van der Waals surface area contributed by atoms with Crippen molar-refractivity contribution in [3.63, 3.8) is 0 Å². The number of carbonyl (C=O) groups excluding carboxylic acids is 1. The van der Waals surface area contributed by atoms with E-state index in [2.05, 4.69) is 4.98 Å². The minimum atomic E-state index is -3.35. The lowest BCUT2D eigenvalue weighted by molar-refractivity contribution is 0.100. The van der Waals surface area contributed by atoms with Crippen molar-refractivity contribution in [3.8, 4) is 0 Å². The zero-order chi connectivity index (χ0) is 19.8. The second-order valence-electron chi connectivity index (χ2n) is 6.18. The number of sulfone groups is 1. The highest BCUT2D eigenvalue weighted by molar-refractivity contribution is 7.90. The van der Waals surface area contributed by atoms with E-state index in [1.807, 2.05) is 0 Å². The lowest BCUT2D eigenvalue weighted by Gasteiger charge is -2.08. The molecule has 0 aliphatic rings. The van der Waals surface area contributed by atoms with Gasteiger partial charge in [0.05, 0.1) is 15.8 Å². The summed E-state index contributed by atoms with van der Waals surface area (Å²) in [5.41, 5.74) is 5.26. The molecule has 8 nitrogen and oxygen atoms in total. The summed E-state index contributed by atoms with van der Waals surface area (Å²) in [7, 11) is -3.35. The molecule has 0 bridgehead atoms. The SMILES string of the molecule is CS(=O)(=O)c1cccc(CCn2c(=O)[nH]c3ccc(C(N)=O)cc3c2=O)c1. The quantitative estimate of drug-likeness (QED) is 0.655. The number of rotatable bonds is 5. The summed E-state index contributed by atoms with van der Waals surface area (Å²) in [6.07, 6.45) is 1.40. The third-order valence-electron chi connectivity index (χ3n) is 4.22. The first-order valence-corrected chi connectivity index (χ1v) is 9.91. The van der Waals surface area contributed by atoms with E-state index in [-0.39, 0.29) is 28.8 Å². The first kappa shape index (κ1) is 18.6. The molecule has 0 saturated heterocycles. The van der Waals surface area contributed by atoms with Gasteiger partial charge in [-0.2, -0.15) is 0 Å². The highest BCUT2D eigenvalue weighted by atomic mass is 32.2. The highest BCUT2D eigenvalue weighted by Crippen LogP contribution is 2.12. The fourth-order valence-electron chi connectivity index (χ4n) is 2.78. The maximum absolute atomic E-state index is 12.7. The van der Waals surface area contributed by atoms with Crippen LogP contribution in [0.3, 0.4) is 0 Å². The Hall–Kier alpha value is -3.20. The van der Waals surface area contributed by atoms with Gasteiger partial charge in [-0.1, -0.05) is 12.1 Å². The number of nitrogens with zero attached hydrogens (tertiary/aromatic N) is 1. The largest absolute Gasteiger partial charge is 0.366 e. The fraction of sp³-hybridized carbons (Fsp3) is 0.167. The minimum absolute atomic E-state index is 0.0537. The van der Waals surface area contributed by atoms with Gasteiger partial charge >= 0.3 is 5.69 Å². The first-order chi connectivity index (χ1) is 12.7. The molecule has 0 aliphatic carbocycles. The van der Waals surface area contributed by atoms with Crippen LogP contribution in [-0.2, 0) is 22.8 Å². The number of fused-ring (bicyclic) bond motifs is 1. The number of nitrogens with one attached hydrogen (secondary N) is 1. The van der Waals surface area contributed by atoms with E-state index in [1.165, 1.54) is 30.3 Å². The van der Waals surface area contributed by atoms with Crippen LogP contribution in [-0.4, -0.2) is 30.1 Å². The number of hydrogen-bond acceptors (Lipinski definition) is 5. The van der Waals surface area contributed by atoms with E-state index in [0.717, 1.165) is 10.8 Å². The number of nitrogens with two attached hydrogens (primary N) is 1. The number of amides is 1. The maximum atomic E-state index is 12.7. The smallest absolute Gasteiger partial charge is 0.328 e. The summed E-state index contributed by atoms with van der Waals surface area (Å²) in [6.45, 7) is 0.0537. The zero-order valence-corrected chi connectivity index (χ0v) is 15.2. The molecule has 1 heterocycles. The molecule has 9 heteroatoms. The average Bonchev–Trinajstić information content (AvgIpc) is 2.60. The molecule has 0 radical (unpaired) electrons. The lowest BCUT2D eigenvalue weighted by Crippen LogP contribution is -2.35. The molecular formula is C18H17N3O5S. The van der Waals surface area contributed by atoms with Crippen molar-refractivity contribution in [3.05, 3.63) is 74.4 Å². The molecule has 0 fully saturated rings. The van der Waals surface area contributed by atoms with Crippen molar-refractivity contribution in [1.82, 2.24) is 9.55 Å². The highest BCUT2D eigenvalue weighted by Gasteiger charge is 2.11. The van der Waals surface area contributed by atoms with Gasteiger partial charge in [-0.05, 0) is 42.3 Å². The standard InChI is InChI=1S/C18H17N3O5S/c1-27(25,26)13-4-2-3-11(9-13)7-8-21-17(23)14-10-12(16(19)22)5-6-15(14)20-18(21)24/h2-6,9-10H,7-8H2,1H3,(H2,19,22)(H,20,24). The predicted molar refractivity (Wildman–Crippen MR) is 101 cm³/mol. The number of aryl methyl sites for hydroxylation is 1. The molecule has 0 unspecified atom stereocenters. The van der Waals surface area contributed by atoms with Crippen LogP contribution in [0.2, 0.25) is 0 Å². The molecule has 3 N–H and O–H groups in total. The number of carbonyl (C=O) groups is 1. The van der Waals surface area contributed by atoms with Gasteiger partial charge in [-0.3, -0.25) is 14.2 Å². The summed E-state index contributed by atoms with van der Waals surface area (Å²) in [5, 5.41) is 0.177. The van der Waals surface area contributed by atoms with Crippen molar-refractivity contribution >= 4 is 26.6 Å². The topological polar surface area (TPSA) is 132 Å². The van der Waals surface area contributed by atoms with Gasteiger partial charge in [-0.25, -0.2) is 13.2 Å². The number of primary amides is 1. The molecule has 0 spiro atoms.